The van der Waals surface area contributed by atoms with Gasteiger partial charge in [0.1, 0.15) is 5.82 Å². The molecule has 4 rings (SSSR count). The molecule has 0 unspecified atom stereocenters. The van der Waals surface area contributed by atoms with Gasteiger partial charge in [0.2, 0.25) is 5.91 Å². The Morgan fingerprint density at radius 2 is 2.00 bits per heavy atom. The van der Waals surface area contributed by atoms with E-state index in [0.29, 0.717) is 12.0 Å². The second kappa shape index (κ2) is 8.46. The maximum absolute atomic E-state index is 14.3. The minimum atomic E-state index is -0.408. The monoisotopic (exact) mass is 403 g/mol. The van der Waals surface area contributed by atoms with E-state index in [-0.39, 0.29) is 23.7 Å². The Balaban J connectivity index is 1.53. The Bertz CT molecular complexity index is 1100. The maximum atomic E-state index is 14.3. The number of aromatic nitrogens is 3. The summed E-state index contributed by atoms with van der Waals surface area (Å²) in [5, 5.41) is 11.4. The van der Waals surface area contributed by atoms with Gasteiger partial charge in [0.05, 0.1) is 24.5 Å². The van der Waals surface area contributed by atoms with Crippen LogP contribution >= 0.6 is 0 Å². The molecule has 0 aliphatic heterocycles. The predicted molar refractivity (Wildman–Crippen MR) is 112 cm³/mol. The zero-order valence-corrected chi connectivity index (χ0v) is 16.7. The van der Waals surface area contributed by atoms with Gasteiger partial charge < -0.3 is 5.32 Å². The highest BCUT2D eigenvalue weighted by Crippen LogP contribution is 2.34. The molecule has 1 saturated carbocycles. The fourth-order valence-corrected chi connectivity index (χ4v) is 3.99. The van der Waals surface area contributed by atoms with E-state index < -0.39 is 5.82 Å². The second-order valence-electron chi connectivity index (χ2n) is 7.50. The van der Waals surface area contributed by atoms with Crippen molar-refractivity contribution >= 4 is 11.6 Å². The van der Waals surface area contributed by atoms with E-state index in [2.05, 4.69) is 20.5 Å². The van der Waals surface area contributed by atoms with Crippen LogP contribution in [0.25, 0.3) is 27.2 Å². The first kappa shape index (κ1) is 19.8. The van der Waals surface area contributed by atoms with E-state index in [1.54, 1.807) is 18.3 Å². The van der Waals surface area contributed by atoms with Gasteiger partial charge >= 0.3 is 0 Å². The van der Waals surface area contributed by atoms with Crippen LogP contribution < -0.4 is 5.32 Å². The van der Waals surface area contributed by atoms with Crippen LogP contribution in [0.2, 0.25) is 0 Å². The van der Waals surface area contributed by atoms with Crippen LogP contribution in [0.3, 0.4) is 0 Å². The molecule has 3 aromatic rings. The predicted octanol–water partition coefficient (Wildman–Crippen LogP) is 4.92. The zero-order chi connectivity index (χ0) is 21.1. The van der Waals surface area contributed by atoms with E-state index in [4.69, 9.17) is 6.57 Å². The van der Waals surface area contributed by atoms with Gasteiger partial charge in [0.25, 0.3) is 0 Å². The molecule has 30 heavy (non-hydrogen) atoms. The van der Waals surface area contributed by atoms with Crippen LogP contribution in [-0.4, -0.2) is 26.9 Å². The third-order valence-corrected chi connectivity index (χ3v) is 5.59. The SMILES string of the molecule is [C-]#[N+]c1ccc(-c2ccc(-c3cnnn3[C@@H]3CC[C@H](NC(=O)CC)C3)cc2)c(F)c1. The third kappa shape index (κ3) is 3.94. The van der Waals surface area contributed by atoms with Crippen LogP contribution in [0.5, 0.6) is 0 Å². The van der Waals surface area contributed by atoms with Gasteiger partial charge in [0.15, 0.2) is 5.69 Å². The average molecular weight is 403 g/mol. The minimum absolute atomic E-state index is 0.0757. The Hall–Kier alpha value is -3.53. The van der Waals surface area contributed by atoms with E-state index in [1.807, 2.05) is 35.9 Å². The quantitative estimate of drug-likeness (QED) is 0.615. The molecule has 6 nitrogen and oxygen atoms in total. The number of amides is 1. The highest BCUT2D eigenvalue weighted by atomic mass is 19.1. The van der Waals surface area contributed by atoms with Crippen molar-refractivity contribution in [2.45, 2.75) is 44.7 Å². The molecule has 1 amide bonds. The maximum Gasteiger partial charge on any atom is 0.219 e. The molecule has 1 aliphatic rings. The minimum Gasteiger partial charge on any atom is -0.353 e. The van der Waals surface area contributed by atoms with Crippen molar-refractivity contribution in [3.63, 3.8) is 0 Å². The number of nitrogens with zero attached hydrogens (tertiary/aromatic N) is 4. The largest absolute Gasteiger partial charge is 0.353 e. The second-order valence-corrected chi connectivity index (χ2v) is 7.50. The van der Waals surface area contributed by atoms with Crippen molar-refractivity contribution in [3.8, 4) is 22.4 Å². The molecule has 1 fully saturated rings. The molecular weight excluding hydrogens is 381 g/mol. The number of benzene rings is 2. The Morgan fingerprint density at radius 1 is 1.23 bits per heavy atom. The van der Waals surface area contributed by atoms with Crippen LogP contribution in [0.1, 0.15) is 38.6 Å². The first-order valence-electron chi connectivity index (χ1n) is 10.1. The topological polar surface area (TPSA) is 64.2 Å². The van der Waals surface area contributed by atoms with Crippen LogP contribution in [0.4, 0.5) is 10.1 Å². The lowest BCUT2D eigenvalue weighted by Crippen LogP contribution is -2.32. The van der Waals surface area contributed by atoms with Crippen LogP contribution in [-0.2, 0) is 4.79 Å². The lowest BCUT2D eigenvalue weighted by atomic mass is 10.0. The molecular formula is C23H22FN5O. The molecule has 1 aromatic heterocycles. The summed E-state index contributed by atoms with van der Waals surface area (Å²) in [6.45, 7) is 8.85. The van der Waals surface area contributed by atoms with Gasteiger partial charge in [-0.05, 0) is 30.9 Å². The molecule has 1 heterocycles. The number of hydrogen-bond donors (Lipinski definition) is 1. The van der Waals surface area contributed by atoms with Crippen molar-refractivity contribution in [3.05, 3.63) is 65.9 Å². The summed E-state index contributed by atoms with van der Waals surface area (Å²) in [5.41, 5.74) is 3.34. The number of nitrogens with one attached hydrogen (secondary N) is 1. The number of rotatable bonds is 5. The average Bonchev–Trinajstić information content (AvgIpc) is 3.43. The first-order valence-corrected chi connectivity index (χ1v) is 10.1. The fourth-order valence-electron chi connectivity index (χ4n) is 3.99. The summed E-state index contributed by atoms with van der Waals surface area (Å²) >= 11 is 0. The van der Waals surface area contributed by atoms with Crippen molar-refractivity contribution in [1.29, 1.82) is 0 Å². The molecule has 0 bridgehead atoms. The molecule has 1 N–H and O–H groups in total. The summed E-state index contributed by atoms with van der Waals surface area (Å²) in [6.07, 6.45) is 4.91. The third-order valence-electron chi connectivity index (χ3n) is 5.59. The Morgan fingerprint density at radius 3 is 2.70 bits per heavy atom. The van der Waals surface area contributed by atoms with E-state index in [0.717, 1.165) is 36.1 Å². The molecule has 2 aromatic carbocycles. The van der Waals surface area contributed by atoms with Crippen molar-refractivity contribution in [1.82, 2.24) is 20.3 Å². The van der Waals surface area contributed by atoms with E-state index >= 15 is 0 Å². The lowest BCUT2D eigenvalue weighted by Gasteiger charge is -2.15. The van der Waals surface area contributed by atoms with E-state index in [9.17, 15) is 9.18 Å². The zero-order valence-electron chi connectivity index (χ0n) is 16.7. The highest BCUT2D eigenvalue weighted by molar-refractivity contribution is 5.76. The van der Waals surface area contributed by atoms with E-state index in [1.165, 1.54) is 6.07 Å². The summed E-state index contributed by atoms with van der Waals surface area (Å²) in [6, 6.07) is 12.4. The molecule has 1 aliphatic carbocycles. The Labute approximate surface area is 174 Å². The number of hydrogen-bond acceptors (Lipinski definition) is 3. The van der Waals surface area contributed by atoms with Crippen LogP contribution in [0.15, 0.2) is 48.7 Å². The first-order chi connectivity index (χ1) is 14.6. The number of carbonyl (C=O) groups is 1. The summed E-state index contributed by atoms with van der Waals surface area (Å²) in [5.74, 6) is -0.333. The van der Waals surface area contributed by atoms with Gasteiger partial charge in [-0.1, -0.05) is 48.5 Å². The van der Waals surface area contributed by atoms with Crippen molar-refractivity contribution in [2.24, 2.45) is 0 Å². The molecule has 2 atom stereocenters. The van der Waals surface area contributed by atoms with Gasteiger partial charge in [-0.2, -0.15) is 0 Å². The molecule has 0 spiro atoms. The molecule has 7 heteroatoms. The summed E-state index contributed by atoms with van der Waals surface area (Å²) < 4.78 is 16.2. The standard InChI is InChI=1S/C23H22FN5O/c1-3-23(30)27-18-8-10-19(12-18)29-22(14-26-28-29)16-6-4-15(5-7-16)20-11-9-17(25-2)13-21(20)24/h4-7,9,11,13-14,18-19H,3,8,10,12H2,1H3,(H,27,30)/t18-,19+/m0/s1. The van der Waals surface area contributed by atoms with Crippen LogP contribution in [0, 0.1) is 12.4 Å². The lowest BCUT2D eigenvalue weighted by molar-refractivity contribution is -0.121. The van der Waals surface area contributed by atoms with Gasteiger partial charge in [-0.15, -0.1) is 5.10 Å². The fraction of sp³-hybridized carbons (Fsp3) is 0.304. The van der Waals surface area contributed by atoms with Crippen molar-refractivity contribution < 1.29 is 9.18 Å². The number of halogens is 1. The summed E-state index contributed by atoms with van der Waals surface area (Å²) in [7, 11) is 0. The molecule has 0 radical (unpaired) electrons. The highest BCUT2D eigenvalue weighted by Gasteiger charge is 2.29. The molecule has 152 valence electrons. The molecule has 0 saturated heterocycles. The summed E-state index contributed by atoms with van der Waals surface area (Å²) in [4.78, 5) is 14.9. The van der Waals surface area contributed by atoms with Gasteiger partial charge in [-0.25, -0.2) is 13.9 Å². The van der Waals surface area contributed by atoms with Gasteiger partial charge in [0, 0.05) is 23.6 Å². The normalized spacial score (nSPS) is 18.2. The number of carbonyl (C=O) groups excluding carboxylic acids is 1. The smallest absolute Gasteiger partial charge is 0.219 e. The Kier molecular flexibility index (Phi) is 5.57. The van der Waals surface area contributed by atoms with Gasteiger partial charge in [-0.3, -0.25) is 4.79 Å². The van der Waals surface area contributed by atoms with Crippen molar-refractivity contribution in [2.75, 3.05) is 0 Å².